The summed E-state index contributed by atoms with van der Waals surface area (Å²) in [7, 11) is 1.55. The largest absolute Gasteiger partial charge is 0.377 e. The zero-order chi connectivity index (χ0) is 17.1. The topological polar surface area (TPSA) is 68.5 Å². The fourth-order valence-corrected chi connectivity index (χ4v) is 3.00. The average molecular weight is 354 g/mol. The molecule has 1 aliphatic heterocycles. The van der Waals surface area contributed by atoms with Gasteiger partial charge in [-0.1, -0.05) is 16.8 Å². The van der Waals surface area contributed by atoms with Crippen molar-refractivity contribution in [2.24, 2.45) is 0 Å². The van der Waals surface area contributed by atoms with E-state index in [9.17, 15) is 9.18 Å². The Labute approximate surface area is 143 Å². The zero-order valence-corrected chi connectivity index (χ0v) is 13.9. The van der Waals surface area contributed by atoms with Gasteiger partial charge >= 0.3 is 0 Å². The number of carbonyl (C=O) groups excluding carboxylic acids is 1. The van der Waals surface area contributed by atoms with E-state index in [0.717, 1.165) is 19.3 Å². The third-order valence-corrected chi connectivity index (χ3v) is 4.26. The van der Waals surface area contributed by atoms with Crippen LogP contribution in [-0.2, 0) is 11.3 Å². The molecule has 0 radical (unpaired) electrons. The molecule has 0 bridgehead atoms. The standard InChI is InChI=1S/C16H17ClFN3O3/c1-23-9-14-19-15(24-20-14)13-4-2-3-7-21(13)16(22)10-5-6-12(18)11(17)8-10/h5-6,8,13H,2-4,7,9H2,1H3/t13-/m1/s1. The predicted octanol–water partition coefficient (Wildman–Crippen LogP) is 3.38. The van der Waals surface area contributed by atoms with Gasteiger partial charge in [0.25, 0.3) is 5.91 Å². The number of methoxy groups -OCH3 is 1. The number of carbonyl (C=O) groups is 1. The Morgan fingerprint density at radius 3 is 3.08 bits per heavy atom. The highest BCUT2D eigenvalue weighted by Crippen LogP contribution is 2.31. The lowest BCUT2D eigenvalue weighted by Gasteiger charge is -2.33. The Morgan fingerprint density at radius 1 is 1.50 bits per heavy atom. The highest BCUT2D eigenvalue weighted by atomic mass is 35.5. The van der Waals surface area contributed by atoms with E-state index in [1.807, 2.05) is 0 Å². The molecule has 1 saturated heterocycles. The monoisotopic (exact) mass is 353 g/mol. The van der Waals surface area contributed by atoms with Crippen LogP contribution in [-0.4, -0.2) is 34.6 Å². The van der Waals surface area contributed by atoms with Crippen molar-refractivity contribution >= 4 is 17.5 Å². The molecule has 1 aromatic carbocycles. The molecule has 0 saturated carbocycles. The molecule has 8 heteroatoms. The molecule has 6 nitrogen and oxygen atoms in total. The van der Waals surface area contributed by atoms with E-state index < -0.39 is 5.82 Å². The number of hydrogen-bond acceptors (Lipinski definition) is 5. The van der Waals surface area contributed by atoms with Crippen LogP contribution >= 0.6 is 11.6 Å². The van der Waals surface area contributed by atoms with Gasteiger partial charge in [-0.15, -0.1) is 0 Å². The molecule has 128 valence electrons. The molecule has 3 rings (SSSR count). The van der Waals surface area contributed by atoms with Gasteiger partial charge in [-0.05, 0) is 37.5 Å². The minimum atomic E-state index is -0.551. The highest BCUT2D eigenvalue weighted by molar-refractivity contribution is 6.31. The molecule has 0 N–H and O–H groups in total. The number of benzene rings is 1. The molecule has 1 fully saturated rings. The minimum absolute atomic E-state index is 0.0745. The number of ether oxygens (including phenoxy) is 1. The maximum atomic E-state index is 13.3. The SMILES string of the molecule is COCc1noc([C@H]2CCCCN2C(=O)c2ccc(F)c(Cl)c2)n1. The van der Waals surface area contributed by atoms with Crippen molar-refractivity contribution < 1.29 is 18.4 Å². The molecule has 2 heterocycles. The van der Waals surface area contributed by atoms with Crippen LogP contribution in [0.15, 0.2) is 22.7 Å². The number of halogens is 2. The number of piperidine rings is 1. The molecular formula is C16H17ClFN3O3. The number of aromatic nitrogens is 2. The summed E-state index contributed by atoms with van der Waals surface area (Å²) in [5.74, 6) is 0.0521. The first-order valence-electron chi connectivity index (χ1n) is 7.67. The summed E-state index contributed by atoms with van der Waals surface area (Å²) in [4.78, 5) is 18.8. The van der Waals surface area contributed by atoms with Crippen molar-refractivity contribution in [2.45, 2.75) is 31.9 Å². The van der Waals surface area contributed by atoms with Gasteiger partial charge in [0, 0.05) is 19.2 Å². The molecule has 24 heavy (non-hydrogen) atoms. The smallest absolute Gasteiger partial charge is 0.254 e. The molecule has 2 aromatic rings. The Hall–Kier alpha value is -1.99. The van der Waals surface area contributed by atoms with Crippen LogP contribution in [0, 0.1) is 5.82 Å². The molecule has 1 amide bonds. The van der Waals surface area contributed by atoms with Gasteiger partial charge in [-0.3, -0.25) is 4.79 Å². The Kier molecular flexibility index (Phi) is 5.11. The molecule has 0 aliphatic carbocycles. The molecule has 1 aliphatic rings. The van der Waals surface area contributed by atoms with E-state index in [2.05, 4.69) is 10.1 Å². The van der Waals surface area contributed by atoms with E-state index in [1.165, 1.54) is 18.2 Å². The summed E-state index contributed by atoms with van der Waals surface area (Å²) in [5.41, 5.74) is 0.338. The van der Waals surface area contributed by atoms with Crippen LogP contribution in [0.3, 0.4) is 0 Å². The van der Waals surface area contributed by atoms with E-state index in [-0.39, 0.29) is 23.6 Å². The number of likely N-dealkylation sites (tertiary alicyclic amines) is 1. The van der Waals surface area contributed by atoms with Crippen LogP contribution in [0.5, 0.6) is 0 Å². The van der Waals surface area contributed by atoms with Crippen LogP contribution in [0.1, 0.15) is 47.4 Å². The van der Waals surface area contributed by atoms with Crippen molar-refractivity contribution in [2.75, 3.05) is 13.7 Å². The summed E-state index contributed by atoms with van der Waals surface area (Å²) in [5, 5.41) is 3.78. The normalized spacial score (nSPS) is 18.0. The summed E-state index contributed by atoms with van der Waals surface area (Å²) in [6, 6.07) is 3.67. The number of rotatable bonds is 4. The van der Waals surface area contributed by atoms with Crippen LogP contribution in [0.2, 0.25) is 5.02 Å². The third-order valence-electron chi connectivity index (χ3n) is 3.97. The maximum Gasteiger partial charge on any atom is 0.254 e. The number of hydrogen-bond donors (Lipinski definition) is 0. The van der Waals surface area contributed by atoms with Gasteiger partial charge in [0.05, 0.1) is 5.02 Å². The Balaban J connectivity index is 1.85. The van der Waals surface area contributed by atoms with Crippen LogP contribution in [0.4, 0.5) is 4.39 Å². The van der Waals surface area contributed by atoms with Crippen molar-refractivity contribution in [3.8, 4) is 0 Å². The van der Waals surface area contributed by atoms with E-state index in [0.29, 0.717) is 23.8 Å². The first-order chi connectivity index (χ1) is 11.6. The Morgan fingerprint density at radius 2 is 2.33 bits per heavy atom. The van der Waals surface area contributed by atoms with Gasteiger partial charge in [-0.25, -0.2) is 4.39 Å². The first kappa shape index (κ1) is 16.9. The second kappa shape index (κ2) is 7.27. The van der Waals surface area contributed by atoms with Gasteiger partial charge in [-0.2, -0.15) is 4.98 Å². The second-order valence-electron chi connectivity index (χ2n) is 5.62. The summed E-state index contributed by atoms with van der Waals surface area (Å²) in [6.45, 7) is 0.818. The molecular weight excluding hydrogens is 337 g/mol. The highest BCUT2D eigenvalue weighted by Gasteiger charge is 2.32. The fraction of sp³-hybridized carbons (Fsp3) is 0.438. The lowest BCUT2D eigenvalue weighted by atomic mass is 10.0. The van der Waals surface area contributed by atoms with Crippen LogP contribution in [0.25, 0.3) is 0 Å². The fourth-order valence-electron chi connectivity index (χ4n) is 2.82. The third kappa shape index (κ3) is 3.42. The molecule has 0 unspecified atom stereocenters. The van der Waals surface area contributed by atoms with Crippen LogP contribution < -0.4 is 0 Å². The number of amides is 1. The van der Waals surface area contributed by atoms with Gasteiger partial charge in [0.1, 0.15) is 18.5 Å². The van der Waals surface area contributed by atoms with Crippen molar-refractivity contribution in [1.29, 1.82) is 0 Å². The summed E-state index contributed by atoms with van der Waals surface area (Å²) >= 11 is 5.79. The summed E-state index contributed by atoms with van der Waals surface area (Å²) < 4.78 is 23.6. The second-order valence-corrected chi connectivity index (χ2v) is 6.03. The number of nitrogens with zero attached hydrogens (tertiary/aromatic N) is 3. The molecule has 1 aromatic heterocycles. The van der Waals surface area contributed by atoms with Crippen molar-refractivity contribution in [3.63, 3.8) is 0 Å². The van der Waals surface area contributed by atoms with E-state index >= 15 is 0 Å². The minimum Gasteiger partial charge on any atom is -0.377 e. The molecule has 1 atom stereocenters. The zero-order valence-electron chi connectivity index (χ0n) is 13.2. The van der Waals surface area contributed by atoms with Gasteiger partial charge in [0.2, 0.25) is 5.89 Å². The first-order valence-corrected chi connectivity index (χ1v) is 8.05. The van der Waals surface area contributed by atoms with Crippen molar-refractivity contribution in [3.05, 3.63) is 46.3 Å². The quantitative estimate of drug-likeness (QED) is 0.842. The summed E-state index contributed by atoms with van der Waals surface area (Å²) in [6.07, 6.45) is 2.58. The maximum absolute atomic E-state index is 13.3. The van der Waals surface area contributed by atoms with Gasteiger partial charge in [0.15, 0.2) is 5.82 Å². The average Bonchev–Trinajstić information content (AvgIpc) is 3.05. The molecule has 0 spiro atoms. The lowest BCUT2D eigenvalue weighted by molar-refractivity contribution is 0.0561. The van der Waals surface area contributed by atoms with E-state index in [4.69, 9.17) is 20.9 Å². The van der Waals surface area contributed by atoms with E-state index in [1.54, 1.807) is 12.0 Å². The predicted molar refractivity (Wildman–Crippen MR) is 84.0 cm³/mol. The Bertz CT molecular complexity index is 737. The van der Waals surface area contributed by atoms with Gasteiger partial charge < -0.3 is 14.2 Å². The van der Waals surface area contributed by atoms with Crippen molar-refractivity contribution in [1.82, 2.24) is 15.0 Å². The lowest BCUT2D eigenvalue weighted by Crippen LogP contribution is -2.38.